The molecule has 0 aromatic rings. The van der Waals surface area contributed by atoms with Gasteiger partial charge >= 0.3 is 0 Å². The van der Waals surface area contributed by atoms with Crippen LogP contribution in [-0.4, -0.2) is 55.9 Å². The Morgan fingerprint density at radius 2 is 2.00 bits per heavy atom. The van der Waals surface area contributed by atoms with E-state index in [2.05, 4.69) is 23.9 Å². The molecule has 1 aliphatic heterocycles. The molecule has 3 N–H and O–H groups in total. The highest BCUT2D eigenvalue weighted by Crippen LogP contribution is 2.17. The molecule has 0 amide bonds. The molecule has 0 saturated carbocycles. The van der Waals surface area contributed by atoms with Crippen molar-refractivity contribution in [2.45, 2.75) is 25.7 Å². The van der Waals surface area contributed by atoms with E-state index in [0.717, 1.165) is 25.3 Å². The lowest BCUT2D eigenvalue weighted by Gasteiger charge is -2.33. The standard InChI is InChI=1S/C12H26N4/c1-15(2)10-11-5-8-16(9-6-11)7-3-4-12(13)14/h11H,3-10H2,1-2H3,(H3,13,14). The van der Waals surface area contributed by atoms with Crippen LogP contribution in [0.4, 0.5) is 0 Å². The molecule has 0 spiro atoms. The maximum atomic E-state index is 7.17. The van der Waals surface area contributed by atoms with Crippen LogP contribution in [0, 0.1) is 11.3 Å². The van der Waals surface area contributed by atoms with Gasteiger partial charge in [0.25, 0.3) is 0 Å². The van der Waals surface area contributed by atoms with Gasteiger partial charge in [0.15, 0.2) is 0 Å². The van der Waals surface area contributed by atoms with Gasteiger partial charge in [-0.05, 0) is 58.9 Å². The molecule has 0 aromatic carbocycles. The first kappa shape index (κ1) is 13.5. The summed E-state index contributed by atoms with van der Waals surface area (Å²) in [4.78, 5) is 4.80. The lowest BCUT2D eigenvalue weighted by atomic mass is 9.96. The number of nitrogens with one attached hydrogen (secondary N) is 1. The van der Waals surface area contributed by atoms with Crippen molar-refractivity contribution in [2.24, 2.45) is 11.7 Å². The van der Waals surface area contributed by atoms with Gasteiger partial charge in [0.05, 0.1) is 5.84 Å². The van der Waals surface area contributed by atoms with E-state index in [0.29, 0.717) is 5.84 Å². The average molecular weight is 226 g/mol. The molecule has 0 unspecified atom stereocenters. The summed E-state index contributed by atoms with van der Waals surface area (Å²) in [6.45, 7) is 4.77. The zero-order valence-corrected chi connectivity index (χ0v) is 10.7. The van der Waals surface area contributed by atoms with Crippen LogP contribution in [0.2, 0.25) is 0 Å². The maximum absolute atomic E-state index is 7.17. The van der Waals surface area contributed by atoms with Crippen molar-refractivity contribution in [2.75, 3.05) is 40.3 Å². The fourth-order valence-electron chi connectivity index (χ4n) is 2.40. The Morgan fingerprint density at radius 3 is 2.50 bits per heavy atom. The highest BCUT2D eigenvalue weighted by Gasteiger charge is 2.18. The minimum absolute atomic E-state index is 0.322. The van der Waals surface area contributed by atoms with Crippen LogP contribution < -0.4 is 5.73 Å². The first-order chi connectivity index (χ1) is 7.58. The molecule has 0 radical (unpaired) electrons. The van der Waals surface area contributed by atoms with Gasteiger partial charge in [-0.2, -0.15) is 0 Å². The van der Waals surface area contributed by atoms with E-state index in [1.807, 2.05) is 0 Å². The summed E-state index contributed by atoms with van der Waals surface area (Å²) >= 11 is 0. The molecule has 0 aliphatic carbocycles. The minimum Gasteiger partial charge on any atom is -0.388 e. The van der Waals surface area contributed by atoms with Gasteiger partial charge in [-0.15, -0.1) is 0 Å². The van der Waals surface area contributed by atoms with Gasteiger partial charge in [0.1, 0.15) is 0 Å². The molecular formula is C12H26N4. The van der Waals surface area contributed by atoms with Crippen molar-refractivity contribution in [1.29, 1.82) is 5.41 Å². The third-order valence-electron chi connectivity index (χ3n) is 3.25. The SMILES string of the molecule is CN(C)CC1CCN(CCCC(=N)N)CC1. The Hall–Kier alpha value is -0.610. The highest BCUT2D eigenvalue weighted by molar-refractivity contribution is 5.76. The van der Waals surface area contributed by atoms with Crippen LogP contribution in [0.3, 0.4) is 0 Å². The second-order valence-electron chi connectivity index (χ2n) is 5.18. The van der Waals surface area contributed by atoms with Crippen LogP contribution >= 0.6 is 0 Å². The summed E-state index contributed by atoms with van der Waals surface area (Å²) in [6, 6.07) is 0. The number of amidine groups is 1. The van der Waals surface area contributed by atoms with Gasteiger partial charge in [-0.3, -0.25) is 5.41 Å². The number of hydrogen-bond donors (Lipinski definition) is 2. The van der Waals surface area contributed by atoms with Crippen LogP contribution in [-0.2, 0) is 0 Å². The van der Waals surface area contributed by atoms with Crippen molar-refractivity contribution < 1.29 is 0 Å². The minimum atomic E-state index is 0.322. The summed E-state index contributed by atoms with van der Waals surface area (Å²) in [5, 5.41) is 7.17. The van der Waals surface area contributed by atoms with Gasteiger partial charge < -0.3 is 15.5 Å². The Labute approximate surface area is 99.3 Å². The number of piperidine rings is 1. The summed E-state index contributed by atoms with van der Waals surface area (Å²) in [7, 11) is 4.30. The van der Waals surface area contributed by atoms with E-state index in [1.54, 1.807) is 0 Å². The quantitative estimate of drug-likeness (QED) is 0.524. The van der Waals surface area contributed by atoms with Gasteiger partial charge in [-0.25, -0.2) is 0 Å². The lowest BCUT2D eigenvalue weighted by molar-refractivity contribution is 0.162. The number of nitrogens with two attached hydrogens (primary N) is 1. The molecule has 0 bridgehead atoms. The zero-order chi connectivity index (χ0) is 12.0. The Balaban J connectivity index is 2.09. The molecule has 1 rings (SSSR count). The van der Waals surface area contributed by atoms with E-state index in [-0.39, 0.29) is 0 Å². The third-order valence-corrected chi connectivity index (χ3v) is 3.25. The number of rotatable bonds is 6. The van der Waals surface area contributed by atoms with Crippen LogP contribution in [0.5, 0.6) is 0 Å². The maximum Gasteiger partial charge on any atom is 0.0905 e. The van der Waals surface area contributed by atoms with E-state index in [1.165, 1.54) is 32.5 Å². The monoisotopic (exact) mass is 226 g/mol. The van der Waals surface area contributed by atoms with E-state index < -0.39 is 0 Å². The molecule has 1 saturated heterocycles. The highest BCUT2D eigenvalue weighted by atomic mass is 15.1. The first-order valence-electron chi connectivity index (χ1n) is 6.28. The van der Waals surface area contributed by atoms with Gasteiger partial charge in [-0.1, -0.05) is 0 Å². The first-order valence-corrected chi connectivity index (χ1v) is 6.28. The summed E-state index contributed by atoms with van der Waals surface area (Å²) in [6.07, 6.45) is 4.42. The third kappa shape index (κ3) is 5.47. The van der Waals surface area contributed by atoms with Gasteiger partial charge in [0.2, 0.25) is 0 Å². The number of nitrogens with zero attached hydrogens (tertiary/aromatic N) is 2. The molecule has 4 heteroatoms. The van der Waals surface area contributed by atoms with Crippen molar-refractivity contribution in [3.8, 4) is 0 Å². The van der Waals surface area contributed by atoms with Crippen molar-refractivity contribution in [3.63, 3.8) is 0 Å². The van der Waals surface area contributed by atoms with Crippen LogP contribution in [0.15, 0.2) is 0 Å². The Morgan fingerprint density at radius 1 is 1.38 bits per heavy atom. The fraction of sp³-hybridized carbons (Fsp3) is 0.917. The molecule has 0 aromatic heterocycles. The Kier molecular flexibility index (Phi) is 5.77. The molecule has 94 valence electrons. The normalized spacial score (nSPS) is 19.2. The average Bonchev–Trinajstić information content (AvgIpc) is 2.19. The van der Waals surface area contributed by atoms with Crippen LogP contribution in [0.25, 0.3) is 0 Å². The van der Waals surface area contributed by atoms with E-state index in [4.69, 9.17) is 11.1 Å². The van der Waals surface area contributed by atoms with Gasteiger partial charge in [0, 0.05) is 13.0 Å². The lowest BCUT2D eigenvalue weighted by Crippen LogP contribution is -2.37. The topological polar surface area (TPSA) is 56.4 Å². The van der Waals surface area contributed by atoms with Crippen molar-refractivity contribution in [3.05, 3.63) is 0 Å². The second-order valence-corrected chi connectivity index (χ2v) is 5.18. The van der Waals surface area contributed by atoms with Crippen molar-refractivity contribution in [1.82, 2.24) is 9.80 Å². The Bertz CT molecular complexity index is 207. The second kappa shape index (κ2) is 6.86. The number of likely N-dealkylation sites (tertiary alicyclic amines) is 1. The van der Waals surface area contributed by atoms with E-state index in [9.17, 15) is 0 Å². The predicted molar refractivity (Wildman–Crippen MR) is 68.9 cm³/mol. The summed E-state index contributed by atoms with van der Waals surface area (Å²) in [5.41, 5.74) is 5.34. The molecule has 0 atom stereocenters. The van der Waals surface area contributed by atoms with Crippen LogP contribution in [0.1, 0.15) is 25.7 Å². The largest absolute Gasteiger partial charge is 0.388 e. The molecule has 16 heavy (non-hydrogen) atoms. The summed E-state index contributed by atoms with van der Waals surface area (Å²) in [5.74, 6) is 1.20. The summed E-state index contributed by atoms with van der Waals surface area (Å²) < 4.78 is 0. The molecule has 4 nitrogen and oxygen atoms in total. The molecule has 1 fully saturated rings. The molecular weight excluding hydrogens is 200 g/mol. The predicted octanol–water partition coefficient (Wildman–Crippen LogP) is 0.976. The number of hydrogen-bond acceptors (Lipinski definition) is 3. The molecule has 1 aliphatic rings. The smallest absolute Gasteiger partial charge is 0.0905 e. The van der Waals surface area contributed by atoms with E-state index >= 15 is 0 Å². The van der Waals surface area contributed by atoms with Crippen molar-refractivity contribution >= 4 is 5.84 Å². The molecule has 1 heterocycles. The fourth-order valence-corrected chi connectivity index (χ4v) is 2.40. The zero-order valence-electron chi connectivity index (χ0n) is 10.7.